The molecule has 0 bridgehead atoms. The van der Waals surface area contributed by atoms with Crippen LogP contribution in [0, 0.1) is 5.82 Å². The van der Waals surface area contributed by atoms with Gasteiger partial charge in [0, 0.05) is 20.0 Å². The van der Waals surface area contributed by atoms with Gasteiger partial charge in [0.1, 0.15) is 12.1 Å². The number of hydrogen-bond acceptors (Lipinski definition) is 8. The molecule has 1 aliphatic rings. The molecule has 0 aliphatic heterocycles. The molecule has 3 aromatic rings. The van der Waals surface area contributed by atoms with Crippen molar-refractivity contribution >= 4 is 29.2 Å². The number of ether oxygens (including phenoxy) is 1. The molecule has 0 atom stereocenters. The van der Waals surface area contributed by atoms with E-state index in [0.717, 1.165) is 18.9 Å². The summed E-state index contributed by atoms with van der Waals surface area (Å²) in [5.41, 5.74) is 0.911. The van der Waals surface area contributed by atoms with E-state index in [2.05, 4.69) is 30.6 Å². The van der Waals surface area contributed by atoms with Gasteiger partial charge in [0.25, 0.3) is 11.8 Å². The summed E-state index contributed by atoms with van der Waals surface area (Å²) < 4.78 is 19.8. The van der Waals surface area contributed by atoms with Crippen molar-refractivity contribution in [1.82, 2.24) is 24.8 Å². The van der Waals surface area contributed by atoms with Crippen LogP contribution in [-0.4, -0.2) is 50.9 Å². The predicted octanol–water partition coefficient (Wildman–Crippen LogP) is 3.34. The smallest absolute Gasteiger partial charge is 0.387 e. The molecule has 1 saturated carbocycles. The number of halogens is 1. The Balaban J connectivity index is 1.59. The fraction of sp³-hybridized carbons (Fsp3) is 0.238. The summed E-state index contributed by atoms with van der Waals surface area (Å²) in [4.78, 5) is 42.8. The highest BCUT2D eigenvalue weighted by Gasteiger charge is 2.27. The molecular formula is C21H20FN7O3. The van der Waals surface area contributed by atoms with E-state index < -0.39 is 17.8 Å². The maximum Gasteiger partial charge on any atom is 0.418 e. The van der Waals surface area contributed by atoms with E-state index in [-0.39, 0.29) is 28.9 Å². The number of carbonyl (C=O) groups is 2. The van der Waals surface area contributed by atoms with Gasteiger partial charge in [-0.25, -0.2) is 29.1 Å². The molecule has 0 spiro atoms. The Kier molecular flexibility index (Phi) is 5.88. The largest absolute Gasteiger partial charge is 0.418 e. The molecule has 0 unspecified atom stereocenters. The van der Waals surface area contributed by atoms with Crippen LogP contribution in [0.1, 0.15) is 34.8 Å². The van der Waals surface area contributed by atoms with Gasteiger partial charge in [-0.15, -0.1) is 0 Å². The van der Waals surface area contributed by atoms with E-state index in [1.807, 2.05) is 0 Å². The second-order valence-corrected chi connectivity index (χ2v) is 7.35. The molecule has 2 N–H and O–H groups in total. The molecule has 32 heavy (non-hydrogen) atoms. The first kappa shape index (κ1) is 21.1. The Morgan fingerprint density at radius 1 is 1.16 bits per heavy atom. The zero-order valence-electron chi connectivity index (χ0n) is 17.4. The number of nitrogens with one attached hydrogen (secondary N) is 2. The molecule has 2 amide bonds. The average molecular weight is 437 g/mol. The lowest BCUT2D eigenvalue weighted by Crippen LogP contribution is -2.26. The Morgan fingerprint density at radius 2 is 1.91 bits per heavy atom. The molecule has 11 heteroatoms. The summed E-state index contributed by atoms with van der Waals surface area (Å²) in [5.74, 6) is -0.906. The van der Waals surface area contributed by atoms with Gasteiger partial charge in [0.15, 0.2) is 5.82 Å². The maximum atomic E-state index is 14.4. The second-order valence-electron chi connectivity index (χ2n) is 7.35. The minimum absolute atomic E-state index is 0.00968. The third kappa shape index (κ3) is 4.77. The lowest BCUT2D eigenvalue weighted by molar-refractivity contribution is 0.0828. The van der Waals surface area contributed by atoms with Gasteiger partial charge in [-0.1, -0.05) is 6.07 Å². The van der Waals surface area contributed by atoms with E-state index in [1.54, 1.807) is 6.20 Å². The molecule has 1 aliphatic carbocycles. The molecule has 10 nitrogen and oxygen atoms in total. The Hall–Kier alpha value is -4.15. The van der Waals surface area contributed by atoms with Gasteiger partial charge in [0.2, 0.25) is 0 Å². The molecule has 2 heterocycles. The number of aromatic nitrogens is 4. The van der Waals surface area contributed by atoms with Gasteiger partial charge in [0.05, 0.1) is 41.2 Å². The van der Waals surface area contributed by atoms with Gasteiger partial charge in [-0.2, -0.15) is 0 Å². The van der Waals surface area contributed by atoms with Crippen LogP contribution < -0.4 is 15.4 Å². The first-order chi connectivity index (χ1) is 15.4. The second kappa shape index (κ2) is 8.92. The van der Waals surface area contributed by atoms with Crippen molar-refractivity contribution in [1.29, 1.82) is 0 Å². The number of hydrogen-bond donors (Lipinski definition) is 2. The quantitative estimate of drug-likeness (QED) is 0.602. The molecule has 1 aromatic carbocycles. The minimum Gasteiger partial charge on any atom is -0.387 e. The summed E-state index contributed by atoms with van der Waals surface area (Å²) >= 11 is 0. The van der Waals surface area contributed by atoms with Crippen LogP contribution in [0.2, 0.25) is 0 Å². The van der Waals surface area contributed by atoms with Crippen LogP contribution in [-0.2, 0) is 0 Å². The highest BCUT2D eigenvalue weighted by atomic mass is 19.1. The average Bonchev–Trinajstić information content (AvgIpc) is 3.62. The van der Waals surface area contributed by atoms with Crippen LogP contribution in [0.4, 0.5) is 26.4 Å². The highest BCUT2D eigenvalue weighted by Crippen LogP contribution is 2.40. The molecule has 0 radical (unpaired) electrons. The van der Waals surface area contributed by atoms with Crippen molar-refractivity contribution < 1.29 is 18.7 Å². The summed E-state index contributed by atoms with van der Waals surface area (Å²) in [6.45, 7) is 0. The van der Waals surface area contributed by atoms with E-state index in [0.29, 0.717) is 11.4 Å². The van der Waals surface area contributed by atoms with Gasteiger partial charge >= 0.3 is 6.09 Å². The van der Waals surface area contributed by atoms with E-state index >= 15 is 0 Å². The number of amides is 2. The fourth-order valence-corrected chi connectivity index (χ4v) is 2.90. The van der Waals surface area contributed by atoms with E-state index in [1.165, 1.54) is 49.8 Å². The Morgan fingerprint density at radius 3 is 2.59 bits per heavy atom. The molecule has 2 aromatic heterocycles. The summed E-state index contributed by atoms with van der Waals surface area (Å²) in [5, 5.41) is 5.26. The molecular weight excluding hydrogens is 417 g/mol. The van der Waals surface area contributed by atoms with Crippen LogP contribution >= 0.6 is 0 Å². The molecule has 1 fully saturated rings. The molecule has 0 saturated heterocycles. The van der Waals surface area contributed by atoms with Crippen molar-refractivity contribution in [3.63, 3.8) is 0 Å². The molecule has 164 valence electrons. The third-order valence-corrected chi connectivity index (χ3v) is 4.64. The monoisotopic (exact) mass is 437 g/mol. The molecule has 4 rings (SSSR count). The first-order valence-corrected chi connectivity index (χ1v) is 9.80. The lowest BCUT2D eigenvalue weighted by atomic mass is 10.1. The van der Waals surface area contributed by atoms with E-state index in [4.69, 9.17) is 4.74 Å². The Labute approximate surface area is 182 Å². The van der Waals surface area contributed by atoms with Gasteiger partial charge in [-0.05, 0) is 25.0 Å². The zero-order chi connectivity index (χ0) is 22.7. The predicted molar refractivity (Wildman–Crippen MR) is 113 cm³/mol. The highest BCUT2D eigenvalue weighted by molar-refractivity contribution is 6.02. The summed E-state index contributed by atoms with van der Waals surface area (Å²) in [7, 11) is 3.05. The normalized spacial score (nSPS) is 12.7. The lowest BCUT2D eigenvalue weighted by Gasteiger charge is -2.16. The van der Waals surface area contributed by atoms with Crippen molar-refractivity contribution in [2.75, 3.05) is 24.7 Å². The Bertz CT molecular complexity index is 1150. The van der Waals surface area contributed by atoms with E-state index in [9.17, 15) is 14.0 Å². The van der Waals surface area contributed by atoms with Crippen molar-refractivity contribution in [2.45, 2.75) is 18.8 Å². The SMILES string of the molecule is CN(C)C(=O)c1cccc(F)c1NC(=O)Oc1nc(C2CC2)cnc1Nc1cncnc1. The first-order valence-electron chi connectivity index (χ1n) is 9.80. The number of anilines is 3. The van der Waals surface area contributed by atoms with Crippen LogP contribution in [0.5, 0.6) is 5.88 Å². The van der Waals surface area contributed by atoms with Gasteiger partial charge in [-0.3, -0.25) is 10.1 Å². The number of nitrogens with zero attached hydrogens (tertiary/aromatic N) is 5. The number of benzene rings is 1. The maximum absolute atomic E-state index is 14.4. The van der Waals surface area contributed by atoms with Crippen molar-refractivity contribution in [2.24, 2.45) is 0 Å². The van der Waals surface area contributed by atoms with Gasteiger partial charge < -0.3 is 15.0 Å². The summed E-state index contributed by atoms with van der Waals surface area (Å²) in [6.07, 6.45) is 6.96. The standard InChI is InChI=1S/C21H20FN7O3/c1-29(2)20(30)14-4-3-5-15(22)17(14)28-21(31)32-19-18(26-13-8-23-11-24-9-13)25-10-16(27-19)12-6-7-12/h3-5,8-12H,6-7H2,1-2H3,(H,25,26)(H,28,31). The van der Waals surface area contributed by atoms with Crippen LogP contribution in [0.3, 0.4) is 0 Å². The van der Waals surface area contributed by atoms with Crippen LogP contribution in [0.25, 0.3) is 0 Å². The van der Waals surface area contributed by atoms with Crippen LogP contribution in [0.15, 0.2) is 43.1 Å². The zero-order valence-corrected chi connectivity index (χ0v) is 17.4. The van der Waals surface area contributed by atoms with Crippen molar-refractivity contribution in [3.05, 3.63) is 60.2 Å². The third-order valence-electron chi connectivity index (χ3n) is 4.64. The minimum atomic E-state index is -1.02. The van der Waals surface area contributed by atoms with Crippen molar-refractivity contribution in [3.8, 4) is 5.88 Å². The number of rotatable bonds is 6. The number of carbonyl (C=O) groups excluding carboxylic acids is 2. The summed E-state index contributed by atoms with van der Waals surface area (Å²) in [6, 6.07) is 3.94. The fourth-order valence-electron chi connectivity index (χ4n) is 2.90. The topological polar surface area (TPSA) is 122 Å². The number of para-hydroxylation sites is 1.